The van der Waals surface area contributed by atoms with Gasteiger partial charge < -0.3 is 15.1 Å². The predicted octanol–water partition coefficient (Wildman–Crippen LogP) is 3.70. The molecule has 31 heavy (non-hydrogen) atoms. The maximum absolute atomic E-state index is 13.5. The van der Waals surface area contributed by atoms with Crippen LogP contribution in [0.1, 0.15) is 52.4 Å². The van der Waals surface area contributed by atoms with Gasteiger partial charge in [-0.2, -0.15) is 0 Å². The van der Waals surface area contributed by atoms with Gasteiger partial charge in [-0.05, 0) is 55.2 Å². The van der Waals surface area contributed by atoms with Crippen LogP contribution in [0, 0.1) is 13.8 Å². The zero-order valence-corrected chi connectivity index (χ0v) is 19.0. The molecule has 0 saturated carbocycles. The standard InChI is InChI=1S/C25H31N3O3/c1-6-7-23(29)26-20-10-9-18-14-22(25(31)27(4)5)28(15-19(18)13-20)24(30)21-11-8-16(2)12-17(21)3/h8-13,22H,6-7,14-15H2,1-5H3,(H,26,29). The summed E-state index contributed by atoms with van der Waals surface area (Å²) in [6.07, 6.45) is 1.70. The summed E-state index contributed by atoms with van der Waals surface area (Å²) in [6.45, 7) is 6.20. The normalized spacial score (nSPS) is 15.3. The van der Waals surface area contributed by atoms with Gasteiger partial charge >= 0.3 is 0 Å². The molecule has 1 atom stereocenters. The number of carbonyl (C=O) groups excluding carboxylic acids is 3. The summed E-state index contributed by atoms with van der Waals surface area (Å²) < 4.78 is 0. The molecular weight excluding hydrogens is 390 g/mol. The van der Waals surface area contributed by atoms with Crippen LogP contribution in [-0.2, 0) is 22.6 Å². The first-order valence-electron chi connectivity index (χ1n) is 10.7. The molecule has 0 fully saturated rings. The molecule has 0 radical (unpaired) electrons. The molecule has 164 valence electrons. The summed E-state index contributed by atoms with van der Waals surface area (Å²) in [5, 5.41) is 2.92. The Morgan fingerprint density at radius 2 is 1.81 bits per heavy atom. The van der Waals surface area contributed by atoms with Gasteiger partial charge in [-0.15, -0.1) is 0 Å². The average Bonchev–Trinajstić information content (AvgIpc) is 2.71. The second-order valence-electron chi connectivity index (χ2n) is 8.49. The first-order chi connectivity index (χ1) is 14.7. The molecular formula is C25H31N3O3. The van der Waals surface area contributed by atoms with Gasteiger partial charge in [0.25, 0.3) is 5.91 Å². The lowest BCUT2D eigenvalue weighted by Gasteiger charge is -2.37. The summed E-state index contributed by atoms with van der Waals surface area (Å²) in [7, 11) is 3.42. The lowest BCUT2D eigenvalue weighted by atomic mass is 9.91. The van der Waals surface area contributed by atoms with E-state index >= 15 is 0 Å². The van der Waals surface area contributed by atoms with E-state index in [-0.39, 0.29) is 17.7 Å². The molecule has 1 heterocycles. The van der Waals surface area contributed by atoms with E-state index in [9.17, 15) is 14.4 Å². The average molecular weight is 422 g/mol. The molecule has 3 amide bonds. The lowest BCUT2D eigenvalue weighted by molar-refractivity contribution is -0.134. The fraction of sp³-hybridized carbons (Fsp3) is 0.400. The number of carbonyl (C=O) groups is 3. The highest BCUT2D eigenvalue weighted by Gasteiger charge is 2.36. The van der Waals surface area contributed by atoms with Crippen LogP contribution in [0.4, 0.5) is 5.69 Å². The van der Waals surface area contributed by atoms with Crippen LogP contribution in [0.5, 0.6) is 0 Å². The van der Waals surface area contributed by atoms with Crippen molar-refractivity contribution in [3.8, 4) is 0 Å². The van der Waals surface area contributed by atoms with E-state index < -0.39 is 6.04 Å². The Bertz CT molecular complexity index is 1010. The molecule has 2 aromatic carbocycles. The molecule has 0 aromatic heterocycles. The van der Waals surface area contributed by atoms with Crippen molar-refractivity contribution in [3.05, 3.63) is 64.2 Å². The Kier molecular flexibility index (Phi) is 6.78. The topological polar surface area (TPSA) is 69.7 Å². The minimum absolute atomic E-state index is 0.0258. The van der Waals surface area contributed by atoms with Crippen LogP contribution in [0.15, 0.2) is 36.4 Å². The Morgan fingerprint density at radius 3 is 2.45 bits per heavy atom. The Labute approximate surface area is 184 Å². The van der Waals surface area contributed by atoms with Gasteiger partial charge in [0, 0.05) is 44.7 Å². The predicted molar refractivity (Wildman–Crippen MR) is 122 cm³/mol. The molecule has 6 nitrogen and oxygen atoms in total. The number of fused-ring (bicyclic) bond motifs is 1. The van der Waals surface area contributed by atoms with Crippen LogP contribution in [-0.4, -0.2) is 47.7 Å². The number of anilines is 1. The van der Waals surface area contributed by atoms with Gasteiger partial charge in [0.1, 0.15) is 6.04 Å². The van der Waals surface area contributed by atoms with Crippen molar-refractivity contribution < 1.29 is 14.4 Å². The second-order valence-corrected chi connectivity index (χ2v) is 8.49. The minimum atomic E-state index is -0.559. The van der Waals surface area contributed by atoms with Gasteiger partial charge in [-0.3, -0.25) is 14.4 Å². The summed E-state index contributed by atoms with van der Waals surface area (Å²) in [6, 6.07) is 10.9. The Balaban J connectivity index is 1.96. The quantitative estimate of drug-likeness (QED) is 0.800. The van der Waals surface area contributed by atoms with Crippen molar-refractivity contribution in [2.45, 2.75) is 52.6 Å². The number of nitrogens with one attached hydrogen (secondary N) is 1. The molecule has 3 rings (SSSR count). The molecule has 6 heteroatoms. The monoisotopic (exact) mass is 421 g/mol. The fourth-order valence-electron chi connectivity index (χ4n) is 4.05. The van der Waals surface area contributed by atoms with Crippen molar-refractivity contribution in [1.29, 1.82) is 0 Å². The second kappa shape index (κ2) is 9.33. The maximum Gasteiger partial charge on any atom is 0.255 e. The number of hydrogen-bond acceptors (Lipinski definition) is 3. The van der Waals surface area contributed by atoms with E-state index in [0.717, 1.165) is 28.7 Å². The van der Waals surface area contributed by atoms with Crippen molar-refractivity contribution in [3.63, 3.8) is 0 Å². The first kappa shape index (κ1) is 22.5. The largest absolute Gasteiger partial charge is 0.347 e. The molecule has 0 spiro atoms. The first-order valence-corrected chi connectivity index (χ1v) is 10.7. The maximum atomic E-state index is 13.5. The number of hydrogen-bond donors (Lipinski definition) is 1. The number of nitrogens with zero attached hydrogens (tertiary/aromatic N) is 2. The number of amides is 3. The third-order valence-corrected chi connectivity index (χ3v) is 5.70. The molecule has 1 N–H and O–H groups in total. The van der Waals surface area contributed by atoms with E-state index in [1.54, 1.807) is 19.0 Å². The van der Waals surface area contributed by atoms with Crippen molar-refractivity contribution in [2.75, 3.05) is 19.4 Å². The van der Waals surface area contributed by atoms with E-state index in [0.29, 0.717) is 30.6 Å². The van der Waals surface area contributed by atoms with Crippen LogP contribution >= 0.6 is 0 Å². The number of likely N-dealkylation sites (N-methyl/N-ethyl adjacent to an activating group) is 1. The molecule has 0 aliphatic carbocycles. The zero-order chi connectivity index (χ0) is 22.7. The third-order valence-electron chi connectivity index (χ3n) is 5.70. The fourth-order valence-corrected chi connectivity index (χ4v) is 4.05. The van der Waals surface area contributed by atoms with Crippen molar-refractivity contribution in [1.82, 2.24) is 9.80 Å². The van der Waals surface area contributed by atoms with Gasteiger partial charge in [0.2, 0.25) is 11.8 Å². The summed E-state index contributed by atoms with van der Waals surface area (Å²) in [5.74, 6) is -0.269. The third kappa shape index (κ3) is 4.95. The highest BCUT2D eigenvalue weighted by atomic mass is 16.2. The van der Waals surface area contributed by atoms with E-state index in [1.807, 2.05) is 57.2 Å². The van der Waals surface area contributed by atoms with Crippen molar-refractivity contribution >= 4 is 23.4 Å². The highest BCUT2D eigenvalue weighted by molar-refractivity contribution is 5.99. The summed E-state index contributed by atoms with van der Waals surface area (Å²) in [4.78, 5) is 41.7. The van der Waals surface area contributed by atoms with E-state index in [4.69, 9.17) is 0 Å². The lowest BCUT2D eigenvalue weighted by Crippen LogP contribution is -2.52. The number of aryl methyl sites for hydroxylation is 2. The SMILES string of the molecule is CCCC(=O)Nc1ccc2c(c1)CN(C(=O)c1ccc(C)cc1C)C(C(=O)N(C)C)C2. The smallest absolute Gasteiger partial charge is 0.255 e. The van der Waals surface area contributed by atoms with Gasteiger partial charge in [-0.25, -0.2) is 0 Å². The molecule has 1 unspecified atom stereocenters. The van der Waals surface area contributed by atoms with Crippen LogP contribution in [0.25, 0.3) is 0 Å². The van der Waals surface area contributed by atoms with Gasteiger partial charge in [-0.1, -0.05) is 30.7 Å². The van der Waals surface area contributed by atoms with Gasteiger partial charge in [0.05, 0.1) is 0 Å². The van der Waals surface area contributed by atoms with Gasteiger partial charge in [0.15, 0.2) is 0 Å². The molecule has 2 aromatic rings. The number of benzene rings is 2. The van der Waals surface area contributed by atoms with Crippen LogP contribution in [0.3, 0.4) is 0 Å². The van der Waals surface area contributed by atoms with Crippen LogP contribution < -0.4 is 5.32 Å². The van der Waals surface area contributed by atoms with Crippen LogP contribution in [0.2, 0.25) is 0 Å². The Hall–Kier alpha value is -3.15. The van der Waals surface area contributed by atoms with Crippen molar-refractivity contribution in [2.24, 2.45) is 0 Å². The highest BCUT2D eigenvalue weighted by Crippen LogP contribution is 2.29. The summed E-state index contributed by atoms with van der Waals surface area (Å²) >= 11 is 0. The minimum Gasteiger partial charge on any atom is -0.347 e. The number of rotatable bonds is 5. The molecule has 1 aliphatic rings. The molecule has 0 saturated heterocycles. The summed E-state index contributed by atoms with van der Waals surface area (Å²) in [5.41, 5.74) is 5.29. The Morgan fingerprint density at radius 1 is 1.06 bits per heavy atom. The zero-order valence-electron chi connectivity index (χ0n) is 19.0. The molecule has 1 aliphatic heterocycles. The van der Waals surface area contributed by atoms with E-state index in [2.05, 4.69) is 5.32 Å². The van der Waals surface area contributed by atoms with E-state index in [1.165, 1.54) is 4.90 Å². The molecule has 0 bridgehead atoms.